The molecule has 10 nitrogen and oxygen atoms in total. The van der Waals surface area contributed by atoms with Gasteiger partial charge < -0.3 is 0 Å². The first-order valence-corrected chi connectivity index (χ1v) is 14.2. The Hall–Kier alpha value is -2.89. The van der Waals surface area contributed by atoms with Gasteiger partial charge in [0.1, 0.15) is 10.6 Å². The van der Waals surface area contributed by atoms with Gasteiger partial charge in [0.15, 0.2) is 5.65 Å². The molecule has 2 unspecified atom stereocenters. The summed E-state index contributed by atoms with van der Waals surface area (Å²) in [4.78, 5) is 23.8. The number of nitrogens with two attached hydrogens (primary N) is 1. The molecule has 0 spiro atoms. The van der Waals surface area contributed by atoms with Crippen LogP contribution in [-0.4, -0.2) is 28.6 Å². The highest BCUT2D eigenvalue weighted by molar-refractivity contribution is 7.89. The van der Waals surface area contributed by atoms with Gasteiger partial charge in [-0.15, -0.1) is 0 Å². The summed E-state index contributed by atoms with van der Waals surface area (Å²) in [7, 11) is -2.14. The van der Waals surface area contributed by atoms with Crippen LogP contribution in [0.25, 0.3) is 11.2 Å². The molecule has 3 aromatic rings. The molecule has 37 heavy (non-hydrogen) atoms. The largest absolute Gasteiger partial charge is 0.330 e. The predicted molar refractivity (Wildman–Crippen MR) is 144 cm³/mol. The van der Waals surface area contributed by atoms with Crippen molar-refractivity contribution in [3.05, 3.63) is 46.5 Å². The number of fused-ring (bicyclic) bond motifs is 2. The van der Waals surface area contributed by atoms with Crippen molar-refractivity contribution in [1.82, 2.24) is 14.1 Å². The van der Waals surface area contributed by atoms with Gasteiger partial charge >= 0.3 is 5.69 Å². The number of hydrogen-bond donors (Lipinski definition) is 2. The SMILES string of the molecule is Cn1c(=O)n(CC(C)(C)C)c2ccc(C3CCC(C)(C)C(N4ONc5c4cccc5S(N)(=O)=O)C3)nc21. The number of rotatable bonds is 4. The molecule has 0 radical (unpaired) electrons. The summed E-state index contributed by atoms with van der Waals surface area (Å²) in [6, 6.07) is 8.98. The summed E-state index contributed by atoms with van der Waals surface area (Å²) in [5.41, 5.74) is 6.07. The van der Waals surface area contributed by atoms with Gasteiger partial charge in [-0.05, 0) is 54.4 Å². The molecular weight excluding hydrogens is 492 g/mol. The molecule has 1 aromatic carbocycles. The minimum atomic E-state index is -3.91. The van der Waals surface area contributed by atoms with Crippen LogP contribution < -0.4 is 21.4 Å². The van der Waals surface area contributed by atoms with Crippen LogP contribution in [0.4, 0.5) is 11.4 Å². The second-order valence-electron chi connectivity index (χ2n) is 12.3. The summed E-state index contributed by atoms with van der Waals surface area (Å²) in [6.07, 6.45) is 2.63. The summed E-state index contributed by atoms with van der Waals surface area (Å²) < 4.78 is 27.7. The number of nitrogens with zero attached hydrogens (tertiary/aromatic N) is 4. The third-order valence-electron chi connectivity index (χ3n) is 7.68. The third-order valence-corrected chi connectivity index (χ3v) is 8.63. The Balaban J connectivity index is 1.49. The first kappa shape index (κ1) is 25.7. The van der Waals surface area contributed by atoms with Crippen molar-refractivity contribution in [1.29, 1.82) is 0 Å². The van der Waals surface area contributed by atoms with Crippen molar-refractivity contribution in [2.45, 2.75) is 77.3 Å². The van der Waals surface area contributed by atoms with E-state index in [1.807, 2.05) is 22.8 Å². The van der Waals surface area contributed by atoms with Gasteiger partial charge in [-0.2, -0.15) is 4.94 Å². The Bertz CT molecular complexity index is 1530. The monoisotopic (exact) mass is 528 g/mol. The zero-order valence-electron chi connectivity index (χ0n) is 22.3. The Morgan fingerprint density at radius 3 is 2.62 bits per heavy atom. The summed E-state index contributed by atoms with van der Waals surface area (Å²) >= 11 is 0. The van der Waals surface area contributed by atoms with E-state index >= 15 is 0 Å². The van der Waals surface area contributed by atoms with Crippen molar-refractivity contribution in [3.8, 4) is 0 Å². The van der Waals surface area contributed by atoms with E-state index in [0.29, 0.717) is 23.6 Å². The van der Waals surface area contributed by atoms with Gasteiger partial charge in [0.25, 0.3) is 0 Å². The lowest BCUT2D eigenvalue weighted by molar-refractivity contribution is 0.0666. The molecule has 1 fully saturated rings. The summed E-state index contributed by atoms with van der Waals surface area (Å²) in [5.74, 6) is 0.151. The molecule has 5 rings (SSSR count). The van der Waals surface area contributed by atoms with Gasteiger partial charge in [-0.3, -0.25) is 9.13 Å². The third kappa shape index (κ3) is 4.53. The molecule has 2 aliphatic rings. The zero-order chi connectivity index (χ0) is 26.9. The maximum atomic E-state index is 13.0. The number of imidazole rings is 1. The van der Waals surface area contributed by atoms with Crippen molar-refractivity contribution < 1.29 is 13.4 Å². The van der Waals surface area contributed by atoms with E-state index in [4.69, 9.17) is 15.1 Å². The van der Waals surface area contributed by atoms with Gasteiger partial charge in [0, 0.05) is 25.2 Å². The minimum absolute atomic E-state index is 0.00506. The van der Waals surface area contributed by atoms with Crippen molar-refractivity contribution >= 4 is 32.6 Å². The molecule has 0 bridgehead atoms. The molecule has 3 N–H and O–H groups in total. The number of pyridine rings is 1. The number of sulfonamides is 1. The second kappa shape index (κ2) is 8.57. The van der Waals surface area contributed by atoms with E-state index < -0.39 is 10.0 Å². The molecule has 1 aliphatic heterocycles. The number of hydrogen-bond acceptors (Lipinski definition) is 7. The highest BCUT2D eigenvalue weighted by Gasteiger charge is 2.44. The van der Waals surface area contributed by atoms with E-state index in [2.05, 4.69) is 40.1 Å². The maximum Gasteiger partial charge on any atom is 0.330 e. The highest BCUT2D eigenvalue weighted by atomic mass is 32.2. The van der Waals surface area contributed by atoms with Gasteiger partial charge in [-0.25, -0.2) is 33.9 Å². The lowest BCUT2D eigenvalue weighted by Gasteiger charge is -2.45. The van der Waals surface area contributed by atoms with Crippen LogP contribution in [0.3, 0.4) is 0 Å². The van der Waals surface area contributed by atoms with Crippen LogP contribution >= 0.6 is 0 Å². The van der Waals surface area contributed by atoms with Crippen molar-refractivity contribution in [3.63, 3.8) is 0 Å². The molecule has 11 heteroatoms. The fraction of sp³-hybridized carbons (Fsp3) is 0.538. The number of aromatic nitrogens is 3. The molecule has 200 valence electrons. The van der Waals surface area contributed by atoms with E-state index in [0.717, 1.165) is 30.5 Å². The van der Waals surface area contributed by atoms with Crippen LogP contribution in [0.15, 0.2) is 40.0 Å². The molecule has 2 atom stereocenters. The first-order chi connectivity index (χ1) is 17.2. The molecular formula is C26H36N6O4S. The van der Waals surface area contributed by atoms with E-state index in [1.54, 1.807) is 22.7 Å². The quantitative estimate of drug-likeness (QED) is 0.527. The predicted octanol–water partition coefficient (Wildman–Crippen LogP) is 3.87. The molecule has 2 aromatic heterocycles. The topological polar surface area (TPSA) is 124 Å². The highest BCUT2D eigenvalue weighted by Crippen LogP contribution is 2.49. The summed E-state index contributed by atoms with van der Waals surface area (Å²) in [6.45, 7) is 11.4. The second-order valence-corrected chi connectivity index (χ2v) is 13.8. The lowest BCUT2D eigenvalue weighted by atomic mass is 9.68. The standard InChI is InChI=1S/C26H36N6O4S/c1-25(2,3)15-31-19-11-10-17(28-23(19)30(6)24(31)33)16-12-13-26(4,5)21(14-16)32-18-8-7-9-20(37(27,34)35)22(18)29-36-32/h7-11,16,21,29H,12-15H2,1-6H3,(H2,27,34,35). The Morgan fingerprint density at radius 2 is 1.95 bits per heavy atom. The van der Waals surface area contributed by atoms with E-state index in [-0.39, 0.29) is 33.4 Å². The number of aryl methyl sites for hydroxylation is 1. The van der Waals surface area contributed by atoms with Crippen LogP contribution in [0.1, 0.15) is 65.5 Å². The van der Waals surface area contributed by atoms with Crippen molar-refractivity contribution in [2.24, 2.45) is 23.0 Å². The molecule has 1 saturated carbocycles. The van der Waals surface area contributed by atoms with Gasteiger partial charge in [-0.1, -0.05) is 40.7 Å². The number of primary sulfonamides is 1. The number of hydroxylamine groups is 1. The molecule has 1 aliphatic carbocycles. The zero-order valence-corrected chi connectivity index (χ0v) is 23.1. The molecule has 3 heterocycles. The van der Waals surface area contributed by atoms with Crippen LogP contribution in [0.5, 0.6) is 0 Å². The number of benzene rings is 1. The normalized spacial score (nSPS) is 21.8. The fourth-order valence-electron chi connectivity index (χ4n) is 5.66. The Kier molecular flexibility index (Phi) is 5.96. The van der Waals surface area contributed by atoms with Gasteiger partial charge in [0.05, 0.1) is 17.2 Å². The average molecular weight is 529 g/mol. The van der Waals surface area contributed by atoms with Crippen LogP contribution in [-0.2, 0) is 28.6 Å². The smallest absolute Gasteiger partial charge is 0.290 e. The van der Waals surface area contributed by atoms with Crippen LogP contribution in [0, 0.1) is 10.8 Å². The first-order valence-electron chi connectivity index (χ1n) is 12.6. The molecule has 0 amide bonds. The minimum Gasteiger partial charge on any atom is -0.290 e. The Labute approximate surface area is 217 Å². The summed E-state index contributed by atoms with van der Waals surface area (Å²) in [5, 5.41) is 7.21. The lowest BCUT2D eigenvalue weighted by Crippen LogP contribution is -2.48. The molecule has 0 saturated heterocycles. The van der Waals surface area contributed by atoms with Crippen LogP contribution in [0.2, 0.25) is 0 Å². The fourth-order valence-corrected chi connectivity index (χ4v) is 6.36. The Morgan fingerprint density at radius 1 is 1.22 bits per heavy atom. The number of para-hydroxylation sites is 1. The maximum absolute atomic E-state index is 13.0. The average Bonchev–Trinajstić information content (AvgIpc) is 3.32. The van der Waals surface area contributed by atoms with Gasteiger partial charge in [0.2, 0.25) is 10.0 Å². The number of nitrogens with one attached hydrogen (secondary N) is 1. The van der Waals surface area contributed by atoms with E-state index in [1.165, 1.54) is 6.07 Å². The van der Waals surface area contributed by atoms with Crippen molar-refractivity contribution in [2.75, 3.05) is 10.5 Å². The van der Waals surface area contributed by atoms with E-state index in [9.17, 15) is 13.2 Å². The number of anilines is 2.